The lowest BCUT2D eigenvalue weighted by molar-refractivity contribution is 0.0951. The van der Waals surface area contributed by atoms with E-state index in [1.807, 2.05) is 25.1 Å². The predicted octanol–water partition coefficient (Wildman–Crippen LogP) is 4.07. The highest BCUT2D eigenvalue weighted by Gasteiger charge is 2.11. The third-order valence-corrected chi connectivity index (χ3v) is 4.24. The molecule has 24 heavy (non-hydrogen) atoms. The molecule has 0 fully saturated rings. The van der Waals surface area contributed by atoms with E-state index in [0.717, 1.165) is 16.5 Å². The number of pyridine rings is 1. The molecule has 2 aromatic carbocycles. The van der Waals surface area contributed by atoms with Crippen LogP contribution < -0.4 is 10.9 Å². The normalized spacial score (nSPS) is 10.8. The Morgan fingerprint density at radius 3 is 2.67 bits per heavy atom. The number of aromatic nitrogens is 1. The van der Waals surface area contributed by atoms with Crippen molar-refractivity contribution in [3.8, 4) is 0 Å². The van der Waals surface area contributed by atoms with Crippen LogP contribution in [0.5, 0.6) is 0 Å². The molecule has 1 heterocycles. The van der Waals surface area contributed by atoms with Crippen LogP contribution in [0.3, 0.4) is 0 Å². The van der Waals surface area contributed by atoms with Gasteiger partial charge in [-0.05, 0) is 48.7 Å². The monoisotopic (exact) mass is 360 g/mol. The van der Waals surface area contributed by atoms with E-state index in [-0.39, 0.29) is 23.0 Å². The molecule has 2 N–H and O–H groups in total. The van der Waals surface area contributed by atoms with Crippen molar-refractivity contribution >= 4 is 40.0 Å². The fourth-order valence-electron chi connectivity index (χ4n) is 2.45. The number of amides is 1. The molecule has 0 unspecified atom stereocenters. The number of halogens is 2. The molecule has 4 nitrogen and oxygen atoms in total. The minimum Gasteiger partial charge on any atom is -0.348 e. The van der Waals surface area contributed by atoms with Crippen molar-refractivity contribution in [1.29, 1.82) is 0 Å². The summed E-state index contributed by atoms with van der Waals surface area (Å²) in [6.45, 7) is 2.09. The average molecular weight is 361 g/mol. The van der Waals surface area contributed by atoms with Gasteiger partial charge >= 0.3 is 0 Å². The van der Waals surface area contributed by atoms with Crippen molar-refractivity contribution in [2.75, 3.05) is 0 Å². The maximum Gasteiger partial charge on any atom is 0.253 e. The molecule has 0 radical (unpaired) electrons. The minimum absolute atomic E-state index is 0.108. The molecule has 0 spiro atoms. The highest BCUT2D eigenvalue weighted by molar-refractivity contribution is 6.36. The number of benzene rings is 2. The van der Waals surface area contributed by atoms with Crippen LogP contribution in [0.15, 0.2) is 47.3 Å². The third kappa shape index (κ3) is 3.45. The van der Waals surface area contributed by atoms with E-state index in [2.05, 4.69) is 10.3 Å². The van der Waals surface area contributed by atoms with Gasteiger partial charge in [-0.1, -0.05) is 34.8 Å². The summed E-state index contributed by atoms with van der Waals surface area (Å²) in [5.41, 5.74) is 2.42. The summed E-state index contributed by atoms with van der Waals surface area (Å²) in [6.07, 6.45) is 0. The zero-order valence-corrected chi connectivity index (χ0v) is 14.3. The Labute approximate surface area is 148 Å². The fourth-order valence-corrected chi connectivity index (χ4v) is 2.94. The van der Waals surface area contributed by atoms with Gasteiger partial charge in [-0.15, -0.1) is 0 Å². The zero-order chi connectivity index (χ0) is 17.3. The second kappa shape index (κ2) is 6.67. The van der Waals surface area contributed by atoms with Gasteiger partial charge in [0.05, 0.1) is 10.6 Å². The molecular formula is C18H14Cl2N2O2. The molecule has 122 valence electrons. The first-order valence-electron chi connectivity index (χ1n) is 7.30. The summed E-state index contributed by atoms with van der Waals surface area (Å²) in [5.74, 6) is -0.361. The van der Waals surface area contributed by atoms with Gasteiger partial charge in [0.25, 0.3) is 11.5 Å². The van der Waals surface area contributed by atoms with Gasteiger partial charge in [0.1, 0.15) is 0 Å². The molecule has 0 aliphatic carbocycles. The van der Waals surface area contributed by atoms with Crippen LogP contribution in [0.4, 0.5) is 0 Å². The molecule has 1 aromatic heterocycles. The van der Waals surface area contributed by atoms with Crippen molar-refractivity contribution in [3.63, 3.8) is 0 Å². The number of rotatable bonds is 3. The van der Waals surface area contributed by atoms with E-state index in [9.17, 15) is 9.59 Å². The molecule has 6 heteroatoms. The first kappa shape index (κ1) is 16.6. The predicted molar refractivity (Wildman–Crippen MR) is 96.9 cm³/mol. The van der Waals surface area contributed by atoms with Crippen molar-refractivity contribution < 1.29 is 4.79 Å². The van der Waals surface area contributed by atoms with E-state index >= 15 is 0 Å². The third-order valence-electron chi connectivity index (χ3n) is 3.69. The van der Waals surface area contributed by atoms with Gasteiger partial charge in [0, 0.05) is 22.6 Å². The maximum absolute atomic E-state index is 12.2. The van der Waals surface area contributed by atoms with E-state index in [0.29, 0.717) is 16.1 Å². The smallest absolute Gasteiger partial charge is 0.253 e. The van der Waals surface area contributed by atoms with Crippen LogP contribution in [-0.4, -0.2) is 10.9 Å². The molecule has 0 atom stereocenters. The summed E-state index contributed by atoms with van der Waals surface area (Å²) in [7, 11) is 0. The Balaban J connectivity index is 1.83. The maximum atomic E-state index is 12.2. The Morgan fingerprint density at radius 2 is 1.92 bits per heavy atom. The lowest BCUT2D eigenvalue weighted by Gasteiger charge is -2.08. The summed E-state index contributed by atoms with van der Waals surface area (Å²) < 4.78 is 0. The Bertz CT molecular complexity index is 996. The van der Waals surface area contributed by atoms with Crippen molar-refractivity contribution in [2.45, 2.75) is 13.5 Å². The van der Waals surface area contributed by atoms with Gasteiger partial charge in [-0.3, -0.25) is 9.59 Å². The number of aryl methyl sites for hydroxylation is 1. The summed E-state index contributed by atoms with van der Waals surface area (Å²) in [6, 6.07) is 12.2. The number of aromatic amines is 1. The minimum atomic E-state index is -0.361. The van der Waals surface area contributed by atoms with Crippen LogP contribution >= 0.6 is 23.2 Å². The van der Waals surface area contributed by atoms with E-state index < -0.39 is 0 Å². The lowest BCUT2D eigenvalue weighted by atomic mass is 10.1. The number of hydrogen-bond donors (Lipinski definition) is 2. The van der Waals surface area contributed by atoms with Crippen molar-refractivity contribution in [1.82, 2.24) is 10.3 Å². The Kier molecular flexibility index (Phi) is 4.60. The molecule has 0 saturated heterocycles. The van der Waals surface area contributed by atoms with Crippen LogP contribution in [-0.2, 0) is 6.54 Å². The van der Waals surface area contributed by atoms with Crippen LogP contribution in [0.1, 0.15) is 21.5 Å². The first-order valence-corrected chi connectivity index (χ1v) is 8.05. The molecular weight excluding hydrogens is 347 g/mol. The topological polar surface area (TPSA) is 62.0 Å². The zero-order valence-electron chi connectivity index (χ0n) is 12.8. The molecule has 0 aliphatic rings. The number of hydrogen-bond acceptors (Lipinski definition) is 2. The molecule has 1 amide bonds. The largest absolute Gasteiger partial charge is 0.348 e. The SMILES string of the molecule is Cc1ccc2[nH]c(=O)c(CNC(=O)c3ccc(Cl)cc3Cl)cc2c1. The first-order chi connectivity index (χ1) is 11.4. The number of fused-ring (bicyclic) bond motifs is 1. The number of carbonyl (C=O) groups excluding carboxylic acids is 1. The molecule has 3 rings (SSSR count). The van der Waals surface area contributed by atoms with E-state index in [1.54, 1.807) is 18.2 Å². The van der Waals surface area contributed by atoms with Gasteiger partial charge in [-0.25, -0.2) is 0 Å². The van der Waals surface area contributed by atoms with Gasteiger partial charge < -0.3 is 10.3 Å². The number of nitrogens with one attached hydrogen (secondary N) is 2. The average Bonchev–Trinajstić information content (AvgIpc) is 2.53. The lowest BCUT2D eigenvalue weighted by Crippen LogP contribution is -2.27. The van der Waals surface area contributed by atoms with E-state index in [4.69, 9.17) is 23.2 Å². The second-order valence-corrected chi connectivity index (χ2v) is 6.36. The molecule has 0 bridgehead atoms. The summed E-state index contributed by atoms with van der Waals surface area (Å²) in [4.78, 5) is 27.2. The summed E-state index contributed by atoms with van der Waals surface area (Å²) >= 11 is 11.8. The quantitative estimate of drug-likeness (QED) is 0.739. The van der Waals surface area contributed by atoms with Crippen LogP contribution in [0.25, 0.3) is 10.9 Å². The Morgan fingerprint density at radius 1 is 1.12 bits per heavy atom. The fraction of sp³-hybridized carbons (Fsp3) is 0.111. The summed E-state index contributed by atoms with van der Waals surface area (Å²) in [5, 5.41) is 4.35. The Hall–Kier alpha value is -2.30. The standard InChI is InChI=1S/C18H14Cl2N2O2/c1-10-2-5-16-11(6-10)7-12(17(23)22-16)9-21-18(24)14-4-3-13(19)8-15(14)20/h2-8H,9H2,1H3,(H,21,24)(H,22,23). The van der Waals surface area contributed by atoms with Gasteiger partial charge in [0.15, 0.2) is 0 Å². The molecule has 3 aromatic rings. The number of H-pyrrole nitrogens is 1. The van der Waals surface area contributed by atoms with Crippen molar-refractivity contribution in [3.05, 3.63) is 79.6 Å². The molecule has 0 saturated carbocycles. The van der Waals surface area contributed by atoms with Gasteiger partial charge in [-0.2, -0.15) is 0 Å². The number of carbonyl (C=O) groups is 1. The second-order valence-electron chi connectivity index (χ2n) is 5.52. The van der Waals surface area contributed by atoms with Crippen LogP contribution in [0, 0.1) is 6.92 Å². The highest BCUT2D eigenvalue weighted by Crippen LogP contribution is 2.21. The van der Waals surface area contributed by atoms with Crippen molar-refractivity contribution in [2.24, 2.45) is 0 Å². The van der Waals surface area contributed by atoms with Gasteiger partial charge in [0.2, 0.25) is 0 Å². The van der Waals surface area contributed by atoms with Crippen LogP contribution in [0.2, 0.25) is 10.0 Å². The van der Waals surface area contributed by atoms with E-state index in [1.165, 1.54) is 6.07 Å². The highest BCUT2D eigenvalue weighted by atomic mass is 35.5. The molecule has 0 aliphatic heterocycles.